The highest BCUT2D eigenvalue weighted by atomic mass is 16.5. The van der Waals surface area contributed by atoms with Crippen molar-refractivity contribution in [3.63, 3.8) is 0 Å². The van der Waals surface area contributed by atoms with Crippen molar-refractivity contribution in [2.75, 3.05) is 27.4 Å². The lowest BCUT2D eigenvalue weighted by molar-refractivity contribution is -0.111. The van der Waals surface area contributed by atoms with Gasteiger partial charge in [-0.2, -0.15) is 0 Å². The van der Waals surface area contributed by atoms with E-state index < -0.39 is 5.60 Å². The molecule has 0 aliphatic carbocycles. The summed E-state index contributed by atoms with van der Waals surface area (Å²) in [6.07, 6.45) is 0.588. The van der Waals surface area contributed by atoms with Crippen LogP contribution in [0.15, 0.2) is 18.2 Å². The second-order valence-electron chi connectivity index (χ2n) is 4.75. The van der Waals surface area contributed by atoms with Gasteiger partial charge in [-0.25, -0.2) is 0 Å². The fourth-order valence-electron chi connectivity index (χ4n) is 2.36. The Bertz CT molecular complexity index is 396. The lowest BCUT2D eigenvalue weighted by Crippen LogP contribution is -2.41. The van der Waals surface area contributed by atoms with Crippen molar-refractivity contribution in [3.05, 3.63) is 23.8 Å². The van der Waals surface area contributed by atoms with Crippen LogP contribution >= 0.6 is 0 Å². The van der Waals surface area contributed by atoms with Crippen LogP contribution in [0.25, 0.3) is 0 Å². The van der Waals surface area contributed by atoms with Crippen LogP contribution in [0.3, 0.4) is 0 Å². The second-order valence-corrected chi connectivity index (χ2v) is 4.75. The molecule has 1 saturated heterocycles. The molecule has 2 unspecified atom stereocenters. The van der Waals surface area contributed by atoms with Gasteiger partial charge in [0.05, 0.1) is 26.4 Å². The molecule has 1 N–H and O–H groups in total. The van der Waals surface area contributed by atoms with Gasteiger partial charge in [0.2, 0.25) is 0 Å². The minimum atomic E-state index is -0.875. The average molecular weight is 252 g/mol. The fourth-order valence-corrected chi connectivity index (χ4v) is 2.36. The van der Waals surface area contributed by atoms with Gasteiger partial charge in [-0.3, -0.25) is 0 Å². The van der Waals surface area contributed by atoms with Gasteiger partial charge in [-0.05, 0) is 17.7 Å². The molecule has 1 aromatic carbocycles. The Hall–Kier alpha value is -1.26. The first-order valence-electron chi connectivity index (χ1n) is 6.14. The SMILES string of the molecule is COc1cc(OC)cc(C2(O)CCOCC2C)c1. The van der Waals surface area contributed by atoms with Crippen LogP contribution in [0.5, 0.6) is 11.5 Å². The summed E-state index contributed by atoms with van der Waals surface area (Å²) < 4.78 is 15.9. The van der Waals surface area contributed by atoms with Crippen molar-refractivity contribution < 1.29 is 19.3 Å². The van der Waals surface area contributed by atoms with Gasteiger partial charge >= 0.3 is 0 Å². The first-order valence-corrected chi connectivity index (χ1v) is 6.14. The van der Waals surface area contributed by atoms with Crippen LogP contribution < -0.4 is 9.47 Å². The number of hydrogen-bond acceptors (Lipinski definition) is 4. The fraction of sp³-hybridized carbons (Fsp3) is 0.571. The molecule has 4 nitrogen and oxygen atoms in total. The second kappa shape index (κ2) is 5.16. The predicted octanol–water partition coefficient (Wildman–Crippen LogP) is 1.95. The number of hydrogen-bond donors (Lipinski definition) is 1. The van der Waals surface area contributed by atoms with Crippen LogP contribution in [0.4, 0.5) is 0 Å². The number of aliphatic hydroxyl groups is 1. The van der Waals surface area contributed by atoms with Crippen molar-refractivity contribution in [3.8, 4) is 11.5 Å². The summed E-state index contributed by atoms with van der Waals surface area (Å²) >= 11 is 0. The molecule has 18 heavy (non-hydrogen) atoms. The number of benzene rings is 1. The maximum absolute atomic E-state index is 10.9. The van der Waals surface area contributed by atoms with Crippen molar-refractivity contribution in [2.24, 2.45) is 5.92 Å². The van der Waals surface area contributed by atoms with E-state index in [1.165, 1.54) is 0 Å². The number of rotatable bonds is 3. The summed E-state index contributed by atoms with van der Waals surface area (Å²) in [5, 5.41) is 10.9. The normalized spacial score (nSPS) is 27.9. The van der Waals surface area contributed by atoms with Gasteiger partial charge in [-0.15, -0.1) is 0 Å². The highest BCUT2D eigenvalue weighted by Crippen LogP contribution is 2.39. The maximum atomic E-state index is 10.9. The summed E-state index contributed by atoms with van der Waals surface area (Å²) in [4.78, 5) is 0. The molecular weight excluding hydrogens is 232 g/mol. The molecule has 0 radical (unpaired) electrons. The Labute approximate surface area is 107 Å². The Morgan fingerprint density at radius 1 is 1.22 bits per heavy atom. The van der Waals surface area contributed by atoms with Crippen molar-refractivity contribution in [2.45, 2.75) is 18.9 Å². The van der Waals surface area contributed by atoms with Gasteiger partial charge < -0.3 is 19.3 Å². The molecule has 1 aromatic rings. The van der Waals surface area contributed by atoms with E-state index in [-0.39, 0.29) is 5.92 Å². The van der Waals surface area contributed by atoms with Crippen molar-refractivity contribution >= 4 is 0 Å². The third-order valence-electron chi connectivity index (χ3n) is 3.66. The lowest BCUT2D eigenvalue weighted by Gasteiger charge is -2.38. The average Bonchev–Trinajstić information content (AvgIpc) is 2.41. The van der Waals surface area contributed by atoms with Gasteiger partial charge in [-0.1, -0.05) is 6.92 Å². The summed E-state index contributed by atoms with van der Waals surface area (Å²) in [6, 6.07) is 5.53. The van der Waals surface area contributed by atoms with Crippen molar-refractivity contribution in [1.82, 2.24) is 0 Å². The highest BCUT2D eigenvalue weighted by molar-refractivity contribution is 5.41. The topological polar surface area (TPSA) is 47.9 Å². The minimum absolute atomic E-state index is 0.0445. The van der Waals surface area contributed by atoms with E-state index in [1.807, 2.05) is 19.1 Å². The highest BCUT2D eigenvalue weighted by Gasteiger charge is 2.39. The molecule has 1 aliphatic rings. The zero-order chi connectivity index (χ0) is 13.2. The molecule has 0 spiro atoms. The van der Waals surface area contributed by atoms with E-state index in [2.05, 4.69) is 0 Å². The molecule has 1 aliphatic heterocycles. The Kier molecular flexibility index (Phi) is 3.78. The molecule has 2 rings (SSSR count). The zero-order valence-electron chi connectivity index (χ0n) is 11.1. The summed E-state index contributed by atoms with van der Waals surface area (Å²) in [6.45, 7) is 3.13. The predicted molar refractivity (Wildman–Crippen MR) is 68.0 cm³/mol. The van der Waals surface area contributed by atoms with E-state index >= 15 is 0 Å². The molecular formula is C14H20O4. The third-order valence-corrected chi connectivity index (χ3v) is 3.66. The van der Waals surface area contributed by atoms with E-state index in [0.29, 0.717) is 31.1 Å². The molecule has 0 aromatic heterocycles. The lowest BCUT2D eigenvalue weighted by atomic mass is 9.79. The molecule has 1 heterocycles. The van der Waals surface area contributed by atoms with E-state index in [4.69, 9.17) is 14.2 Å². The summed E-state index contributed by atoms with van der Waals surface area (Å²) in [5.41, 5.74) is -0.0467. The Balaban J connectivity index is 2.41. The van der Waals surface area contributed by atoms with Crippen LogP contribution in [0.2, 0.25) is 0 Å². The van der Waals surface area contributed by atoms with Crippen LogP contribution in [-0.4, -0.2) is 32.5 Å². The van der Waals surface area contributed by atoms with E-state index in [9.17, 15) is 5.11 Å². The summed E-state index contributed by atoms with van der Waals surface area (Å²) in [7, 11) is 3.21. The quantitative estimate of drug-likeness (QED) is 0.893. The third kappa shape index (κ3) is 2.31. The van der Waals surface area contributed by atoms with Gasteiger partial charge in [0.1, 0.15) is 11.5 Å². The first kappa shape index (κ1) is 13.2. The smallest absolute Gasteiger partial charge is 0.122 e. The van der Waals surface area contributed by atoms with Gasteiger partial charge in [0.25, 0.3) is 0 Å². The largest absolute Gasteiger partial charge is 0.497 e. The monoisotopic (exact) mass is 252 g/mol. The summed E-state index contributed by atoms with van der Waals surface area (Å²) in [5.74, 6) is 1.43. The molecule has 2 atom stereocenters. The van der Waals surface area contributed by atoms with Gasteiger partial charge in [0.15, 0.2) is 0 Å². The van der Waals surface area contributed by atoms with Crippen molar-refractivity contribution in [1.29, 1.82) is 0 Å². The zero-order valence-corrected chi connectivity index (χ0v) is 11.1. The standard InChI is InChI=1S/C14H20O4/c1-10-9-18-5-4-14(10,15)11-6-12(16-2)8-13(7-11)17-3/h6-8,10,15H,4-5,9H2,1-3H3. The minimum Gasteiger partial charge on any atom is -0.497 e. The molecule has 1 fully saturated rings. The first-order chi connectivity index (χ1) is 8.60. The molecule has 0 saturated carbocycles. The van der Waals surface area contributed by atoms with Gasteiger partial charge in [0, 0.05) is 25.0 Å². The van der Waals surface area contributed by atoms with Crippen LogP contribution in [-0.2, 0) is 10.3 Å². The van der Waals surface area contributed by atoms with E-state index in [0.717, 1.165) is 5.56 Å². The molecule has 4 heteroatoms. The van der Waals surface area contributed by atoms with Crippen LogP contribution in [0, 0.1) is 5.92 Å². The molecule has 0 amide bonds. The number of ether oxygens (including phenoxy) is 3. The van der Waals surface area contributed by atoms with E-state index in [1.54, 1.807) is 20.3 Å². The van der Waals surface area contributed by atoms with Crippen LogP contribution in [0.1, 0.15) is 18.9 Å². The number of methoxy groups -OCH3 is 2. The Morgan fingerprint density at radius 2 is 1.83 bits per heavy atom. The Morgan fingerprint density at radius 3 is 2.33 bits per heavy atom. The maximum Gasteiger partial charge on any atom is 0.122 e. The molecule has 0 bridgehead atoms. The molecule has 100 valence electrons.